The van der Waals surface area contributed by atoms with Crippen LogP contribution in [0.3, 0.4) is 0 Å². The summed E-state index contributed by atoms with van der Waals surface area (Å²) in [7, 11) is 0. The minimum Gasteiger partial charge on any atom is -0.480 e. The third kappa shape index (κ3) is 15.1. The maximum Gasteiger partial charge on any atom is 0.408 e. The van der Waals surface area contributed by atoms with Gasteiger partial charge in [0.1, 0.15) is 18.2 Å². The second kappa shape index (κ2) is 15.9. The molecule has 1 aromatic carbocycles. The van der Waals surface area contributed by atoms with Crippen LogP contribution in [0, 0.1) is 0 Å². The largest absolute Gasteiger partial charge is 0.480 e. The van der Waals surface area contributed by atoms with Crippen molar-refractivity contribution in [3.8, 4) is 0 Å². The van der Waals surface area contributed by atoms with E-state index in [2.05, 4.69) is 10.6 Å². The highest BCUT2D eigenvalue weighted by Crippen LogP contribution is 2.14. The van der Waals surface area contributed by atoms with Crippen molar-refractivity contribution in [1.29, 1.82) is 0 Å². The molecule has 34 heavy (non-hydrogen) atoms. The van der Waals surface area contributed by atoms with E-state index in [1.54, 1.807) is 32.9 Å². The quantitative estimate of drug-likeness (QED) is 0.386. The molecule has 192 valence electrons. The van der Waals surface area contributed by atoms with Crippen molar-refractivity contribution < 1.29 is 29.0 Å². The lowest BCUT2D eigenvalue weighted by atomic mass is 9.97. The minimum atomic E-state index is -1.13. The number of amides is 2. The highest BCUT2D eigenvalue weighted by atomic mass is 16.6. The molecule has 0 aromatic heterocycles. The lowest BCUT2D eigenvalue weighted by molar-refractivity contribution is -0.139. The van der Waals surface area contributed by atoms with Crippen molar-refractivity contribution in [2.24, 2.45) is 5.73 Å². The van der Waals surface area contributed by atoms with E-state index in [9.17, 15) is 19.5 Å². The zero-order chi connectivity index (χ0) is 25.4. The number of nitrogens with one attached hydrogen (secondary N) is 2. The molecule has 0 aliphatic heterocycles. The van der Waals surface area contributed by atoms with Crippen LogP contribution in [0.15, 0.2) is 30.3 Å². The molecule has 9 heteroatoms. The molecule has 1 atom stereocenters. The van der Waals surface area contributed by atoms with E-state index in [4.69, 9.17) is 15.2 Å². The highest BCUT2D eigenvalue weighted by Gasteiger charge is 2.20. The lowest BCUT2D eigenvalue weighted by Gasteiger charge is -2.19. The number of carbonyl (C=O) groups is 3. The highest BCUT2D eigenvalue weighted by molar-refractivity contribution is 5.79. The van der Waals surface area contributed by atoms with Gasteiger partial charge < -0.3 is 30.9 Å². The molecule has 1 fully saturated rings. The molecule has 1 saturated carbocycles. The first-order valence-electron chi connectivity index (χ1n) is 12.0. The number of benzene rings is 1. The Balaban J connectivity index is 0.000000700. The number of ether oxygens (including phenoxy) is 2. The summed E-state index contributed by atoms with van der Waals surface area (Å²) in [5.74, 6) is -1.13. The number of carbonyl (C=O) groups excluding carboxylic acids is 2. The fourth-order valence-electron chi connectivity index (χ4n) is 3.28. The zero-order valence-corrected chi connectivity index (χ0v) is 20.7. The smallest absolute Gasteiger partial charge is 0.408 e. The molecule has 2 amide bonds. The predicted octanol–water partition coefficient (Wildman–Crippen LogP) is 4.34. The van der Waals surface area contributed by atoms with Crippen molar-refractivity contribution in [2.75, 3.05) is 6.54 Å². The van der Waals surface area contributed by atoms with Gasteiger partial charge in [0.25, 0.3) is 0 Å². The molecule has 1 aliphatic rings. The first-order valence-corrected chi connectivity index (χ1v) is 12.0. The maximum atomic E-state index is 11.8. The summed E-state index contributed by atoms with van der Waals surface area (Å²) in [4.78, 5) is 34.5. The summed E-state index contributed by atoms with van der Waals surface area (Å²) in [6.07, 6.45) is 6.66. The molecule has 0 bridgehead atoms. The Morgan fingerprint density at radius 2 is 1.71 bits per heavy atom. The maximum absolute atomic E-state index is 11.8. The number of unbranched alkanes of at least 4 members (excludes halogenated alkanes) is 1. The number of hydrogen-bond donors (Lipinski definition) is 4. The van der Waals surface area contributed by atoms with Crippen LogP contribution < -0.4 is 16.4 Å². The van der Waals surface area contributed by atoms with Gasteiger partial charge in [-0.1, -0.05) is 49.6 Å². The first kappa shape index (κ1) is 29.2. The number of carboxylic acids is 1. The van der Waals surface area contributed by atoms with Gasteiger partial charge in [-0.2, -0.15) is 0 Å². The number of carboxylic acid groups (broad SMARTS) is 1. The van der Waals surface area contributed by atoms with E-state index in [1.807, 2.05) is 18.2 Å². The number of alkyl carbamates (subject to hydrolysis) is 2. The molecular formula is C25H41N3O6. The fraction of sp³-hybridized carbons (Fsp3) is 0.640. The number of rotatable bonds is 9. The van der Waals surface area contributed by atoms with Gasteiger partial charge in [0.05, 0.1) is 0 Å². The molecule has 0 saturated heterocycles. The molecule has 2 rings (SSSR count). The molecule has 0 radical (unpaired) electrons. The van der Waals surface area contributed by atoms with Crippen LogP contribution in [0.25, 0.3) is 0 Å². The zero-order valence-electron chi connectivity index (χ0n) is 20.7. The van der Waals surface area contributed by atoms with Crippen LogP contribution in [0.4, 0.5) is 9.59 Å². The van der Waals surface area contributed by atoms with Gasteiger partial charge in [-0.25, -0.2) is 14.4 Å². The van der Waals surface area contributed by atoms with Gasteiger partial charge in [-0.3, -0.25) is 0 Å². The van der Waals surface area contributed by atoms with E-state index >= 15 is 0 Å². The van der Waals surface area contributed by atoms with Crippen LogP contribution in [-0.2, 0) is 20.9 Å². The molecule has 0 unspecified atom stereocenters. The summed E-state index contributed by atoms with van der Waals surface area (Å²) in [6, 6.07) is 8.59. The van der Waals surface area contributed by atoms with Crippen molar-refractivity contribution in [1.82, 2.24) is 10.6 Å². The Kier molecular flexibility index (Phi) is 13.7. The Morgan fingerprint density at radius 1 is 1.06 bits per heavy atom. The Hall–Kier alpha value is -2.81. The lowest BCUT2D eigenvalue weighted by Crippen LogP contribution is -2.41. The van der Waals surface area contributed by atoms with Gasteiger partial charge in [0.15, 0.2) is 0 Å². The number of aliphatic carboxylic acids is 1. The third-order valence-electron chi connectivity index (χ3n) is 5.04. The average Bonchev–Trinajstić information content (AvgIpc) is 2.77. The van der Waals surface area contributed by atoms with E-state index in [0.29, 0.717) is 25.4 Å². The van der Waals surface area contributed by atoms with Gasteiger partial charge in [-0.05, 0) is 58.4 Å². The van der Waals surface area contributed by atoms with Gasteiger partial charge >= 0.3 is 18.2 Å². The van der Waals surface area contributed by atoms with Crippen molar-refractivity contribution in [3.63, 3.8) is 0 Å². The summed E-state index contributed by atoms with van der Waals surface area (Å²) in [6.45, 7) is 5.74. The Bertz CT molecular complexity index is 730. The van der Waals surface area contributed by atoms with E-state index < -0.39 is 29.8 Å². The van der Waals surface area contributed by atoms with Gasteiger partial charge in [0, 0.05) is 12.6 Å². The van der Waals surface area contributed by atoms with Gasteiger partial charge in [0.2, 0.25) is 0 Å². The van der Waals surface area contributed by atoms with E-state index in [1.165, 1.54) is 32.1 Å². The number of hydrogen-bond acceptors (Lipinski definition) is 6. The Labute approximate surface area is 202 Å². The second-order valence-corrected chi connectivity index (χ2v) is 9.42. The molecule has 1 aliphatic carbocycles. The summed E-state index contributed by atoms with van der Waals surface area (Å²) in [5.41, 5.74) is 5.88. The first-order chi connectivity index (χ1) is 16.1. The van der Waals surface area contributed by atoms with Gasteiger partial charge in [-0.15, -0.1) is 0 Å². The monoisotopic (exact) mass is 479 g/mol. The van der Waals surface area contributed by atoms with Crippen LogP contribution in [0.2, 0.25) is 0 Å². The molecule has 9 nitrogen and oxygen atoms in total. The van der Waals surface area contributed by atoms with Crippen LogP contribution in [0.5, 0.6) is 0 Å². The third-order valence-corrected chi connectivity index (χ3v) is 5.04. The number of nitrogens with two attached hydrogens (primary N) is 1. The summed E-state index contributed by atoms with van der Waals surface area (Å²) >= 11 is 0. The molecule has 0 spiro atoms. The molecule has 1 aromatic rings. The standard InChI is InChI=1S/C19H28N2O6.C6H13N/c1-19(2,3)27-17(24)20-12-8-7-11-15(16(22)23)21-18(25)26-13-14-9-5-4-6-10-14;7-6-4-2-1-3-5-6/h4-6,9-10,15H,7-8,11-13H2,1-3H3,(H,20,24)(H,21,25)(H,22,23);6H,1-5,7H2/t15-;/m0./s1. The van der Waals surface area contributed by atoms with Crippen molar-refractivity contribution in [2.45, 2.75) is 96.4 Å². The second-order valence-electron chi connectivity index (χ2n) is 9.42. The van der Waals surface area contributed by atoms with E-state index in [0.717, 1.165) is 5.56 Å². The molecular weight excluding hydrogens is 438 g/mol. The van der Waals surface area contributed by atoms with E-state index in [-0.39, 0.29) is 13.0 Å². The summed E-state index contributed by atoms with van der Waals surface area (Å²) < 4.78 is 10.1. The minimum absolute atomic E-state index is 0.0683. The normalized spacial score (nSPS) is 14.7. The average molecular weight is 480 g/mol. The van der Waals surface area contributed by atoms with Crippen LogP contribution in [0.1, 0.15) is 77.7 Å². The van der Waals surface area contributed by atoms with Crippen molar-refractivity contribution >= 4 is 18.2 Å². The van der Waals surface area contributed by atoms with Crippen LogP contribution >= 0.6 is 0 Å². The molecule has 5 N–H and O–H groups in total. The summed E-state index contributed by atoms with van der Waals surface area (Å²) in [5, 5.41) is 14.2. The fourth-order valence-corrected chi connectivity index (χ4v) is 3.28. The molecule has 0 heterocycles. The Morgan fingerprint density at radius 3 is 2.24 bits per heavy atom. The SMILES string of the molecule is CC(C)(C)OC(=O)NCCCC[C@H](NC(=O)OCc1ccccc1)C(=O)O.NC1CCCCC1. The van der Waals surface area contributed by atoms with Crippen molar-refractivity contribution in [3.05, 3.63) is 35.9 Å². The van der Waals surface area contributed by atoms with Crippen LogP contribution in [-0.4, -0.2) is 47.5 Å². The predicted molar refractivity (Wildman–Crippen MR) is 130 cm³/mol. The topological polar surface area (TPSA) is 140 Å².